The Bertz CT molecular complexity index is 353. The predicted molar refractivity (Wildman–Crippen MR) is 66.5 cm³/mol. The summed E-state index contributed by atoms with van der Waals surface area (Å²) < 4.78 is 1.86. The third-order valence-corrected chi connectivity index (χ3v) is 3.90. The minimum absolute atomic E-state index is 0.330. The number of hydrogen-bond acceptors (Lipinski definition) is 3. The zero-order chi connectivity index (χ0) is 12.3. The van der Waals surface area contributed by atoms with Crippen molar-refractivity contribution in [3.05, 3.63) is 12.2 Å². The second kappa shape index (κ2) is 5.17. The number of nitrogens with zero attached hydrogens (tertiary/aromatic N) is 3. The Morgan fingerprint density at radius 2 is 2.12 bits per heavy atom. The van der Waals surface area contributed by atoms with Crippen molar-refractivity contribution in [2.24, 2.45) is 5.92 Å². The SMILES string of the molecule is CCCn1ncnc1C(C)(O)C1CCCCC1. The molecule has 1 aromatic rings. The molecule has 1 fully saturated rings. The third kappa shape index (κ3) is 2.51. The first-order chi connectivity index (χ1) is 8.16. The Morgan fingerprint density at radius 1 is 1.41 bits per heavy atom. The minimum atomic E-state index is -0.827. The maximum absolute atomic E-state index is 10.8. The molecule has 96 valence electrons. The number of hydrogen-bond donors (Lipinski definition) is 1. The molecule has 17 heavy (non-hydrogen) atoms. The van der Waals surface area contributed by atoms with Gasteiger partial charge in [0.2, 0.25) is 0 Å². The van der Waals surface area contributed by atoms with E-state index in [2.05, 4.69) is 17.0 Å². The van der Waals surface area contributed by atoms with E-state index in [9.17, 15) is 5.11 Å². The van der Waals surface area contributed by atoms with Crippen molar-refractivity contribution in [2.45, 2.75) is 64.5 Å². The molecule has 1 aliphatic rings. The number of rotatable bonds is 4. The summed E-state index contributed by atoms with van der Waals surface area (Å²) >= 11 is 0. The van der Waals surface area contributed by atoms with E-state index in [0.29, 0.717) is 5.92 Å². The van der Waals surface area contributed by atoms with Crippen molar-refractivity contribution >= 4 is 0 Å². The van der Waals surface area contributed by atoms with Crippen LogP contribution in [-0.4, -0.2) is 19.9 Å². The number of aliphatic hydroxyl groups is 1. The van der Waals surface area contributed by atoms with E-state index in [1.807, 2.05) is 11.6 Å². The summed E-state index contributed by atoms with van der Waals surface area (Å²) in [6.07, 6.45) is 8.52. The fourth-order valence-electron chi connectivity index (χ4n) is 2.88. The number of aryl methyl sites for hydroxylation is 1. The summed E-state index contributed by atoms with van der Waals surface area (Å²) in [4.78, 5) is 4.28. The van der Waals surface area contributed by atoms with Crippen LogP contribution in [0.3, 0.4) is 0 Å². The summed E-state index contributed by atoms with van der Waals surface area (Å²) in [7, 11) is 0. The largest absolute Gasteiger partial charge is 0.382 e. The van der Waals surface area contributed by atoms with Gasteiger partial charge in [0.15, 0.2) is 5.82 Å². The Morgan fingerprint density at radius 3 is 2.76 bits per heavy atom. The zero-order valence-corrected chi connectivity index (χ0v) is 10.9. The Kier molecular flexibility index (Phi) is 3.82. The average Bonchev–Trinajstić information content (AvgIpc) is 2.80. The molecule has 0 saturated heterocycles. The second-order valence-corrected chi connectivity index (χ2v) is 5.29. The van der Waals surface area contributed by atoms with Gasteiger partial charge in [-0.3, -0.25) is 0 Å². The lowest BCUT2D eigenvalue weighted by Gasteiger charge is -2.34. The van der Waals surface area contributed by atoms with Gasteiger partial charge in [-0.25, -0.2) is 9.67 Å². The molecular weight excluding hydrogens is 214 g/mol. The van der Waals surface area contributed by atoms with Gasteiger partial charge < -0.3 is 5.11 Å². The molecule has 2 rings (SSSR count). The molecule has 1 aliphatic carbocycles. The molecule has 0 amide bonds. The van der Waals surface area contributed by atoms with Crippen LogP contribution in [0.5, 0.6) is 0 Å². The summed E-state index contributed by atoms with van der Waals surface area (Å²) in [5, 5.41) is 15.0. The lowest BCUT2D eigenvalue weighted by molar-refractivity contribution is -0.0327. The van der Waals surface area contributed by atoms with E-state index in [1.54, 1.807) is 6.33 Å². The predicted octanol–water partition coefficient (Wildman–Crippen LogP) is 2.48. The van der Waals surface area contributed by atoms with E-state index in [-0.39, 0.29) is 0 Å². The molecule has 1 saturated carbocycles. The highest BCUT2D eigenvalue weighted by atomic mass is 16.3. The molecule has 0 aliphatic heterocycles. The smallest absolute Gasteiger partial charge is 0.158 e. The maximum atomic E-state index is 10.8. The van der Waals surface area contributed by atoms with Crippen molar-refractivity contribution in [1.82, 2.24) is 14.8 Å². The molecule has 4 nitrogen and oxygen atoms in total. The van der Waals surface area contributed by atoms with Gasteiger partial charge in [0.25, 0.3) is 0 Å². The van der Waals surface area contributed by atoms with Gasteiger partial charge in [-0.1, -0.05) is 26.2 Å². The van der Waals surface area contributed by atoms with E-state index in [1.165, 1.54) is 19.3 Å². The summed E-state index contributed by atoms with van der Waals surface area (Å²) in [5.41, 5.74) is -0.827. The standard InChI is InChI=1S/C13H23N3O/c1-3-9-16-12(14-10-15-16)13(2,17)11-7-5-4-6-8-11/h10-11,17H,3-9H2,1-2H3. The quantitative estimate of drug-likeness (QED) is 0.875. The normalized spacial score (nSPS) is 21.4. The zero-order valence-electron chi connectivity index (χ0n) is 10.9. The van der Waals surface area contributed by atoms with E-state index < -0.39 is 5.60 Å². The molecule has 1 N–H and O–H groups in total. The highest BCUT2D eigenvalue weighted by Gasteiger charge is 2.38. The summed E-state index contributed by atoms with van der Waals surface area (Å²) in [6.45, 7) is 4.85. The van der Waals surface area contributed by atoms with E-state index in [0.717, 1.165) is 31.6 Å². The molecule has 1 unspecified atom stereocenters. The van der Waals surface area contributed by atoms with Gasteiger partial charge in [-0.05, 0) is 32.1 Å². The molecular formula is C13H23N3O. The van der Waals surface area contributed by atoms with Crippen molar-refractivity contribution in [3.63, 3.8) is 0 Å². The van der Waals surface area contributed by atoms with Crippen LogP contribution >= 0.6 is 0 Å². The first-order valence-corrected chi connectivity index (χ1v) is 6.77. The molecule has 1 aromatic heterocycles. The molecule has 1 heterocycles. The van der Waals surface area contributed by atoms with Crippen LogP contribution in [0.4, 0.5) is 0 Å². The van der Waals surface area contributed by atoms with E-state index in [4.69, 9.17) is 0 Å². The lowest BCUT2D eigenvalue weighted by atomic mass is 9.77. The van der Waals surface area contributed by atoms with Crippen LogP contribution in [0, 0.1) is 5.92 Å². The highest BCUT2D eigenvalue weighted by Crippen LogP contribution is 2.38. The fraction of sp³-hybridized carbons (Fsp3) is 0.846. The van der Waals surface area contributed by atoms with Gasteiger partial charge >= 0.3 is 0 Å². The van der Waals surface area contributed by atoms with Crippen LogP contribution < -0.4 is 0 Å². The van der Waals surface area contributed by atoms with Crippen molar-refractivity contribution in [3.8, 4) is 0 Å². The highest BCUT2D eigenvalue weighted by molar-refractivity contribution is 5.03. The van der Waals surface area contributed by atoms with Crippen LogP contribution in [0.25, 0.3) is 0 Å². The van der Waals surface area contributed by atoms with Crippen molar-refractivity contribution < 1.29 is 5.11 Å². The van der Waals surface area contributed by atoms with Crippen molar-refractivity contribution in [1.29, 1.82) is 0 Å². The van der Waals surface area contributed by atoms with Crippen LogP contribution in [0.2, 0.25) is 0 Å². The summed E-state index contributed by atoms with van der Waals surface area (Å²) in [6, 6.07) is 0. The lowest BCUT2D eigenvalue weighted by Crippen LogP contribution is -2.36. The van der Waals surface area contributed by atoms with Gasteiger partial charge in [0, 0.05) is 6.54 Å². The van der Waals surface area contributed by atoms with Gasteiger partial charge in [0.1, 0.15) is 11.9 Å². The maximum Gasteiger partial charge on any atom is 0.158 e. The second-order valence-electron chi connectivity index (χ2n) is 5.29. The van der Waals surface area contributed by atoms with E-state index >= 15 is 0 Å². The summed E-state index contributed by atoms with van der Waals surface area (Å²) in [5.74, 6) is 1.07. The molecule has 0 bridgehead atoms. The molecule has 0 spiro atoms. The van der Waals surface area contributed by atoms with Gasteiger partial charge in [-0.2, -0.15) is 5.10 Å². The Hall–Kier alpha value is -0.900. The van der Waals surface area contributed by atoms with Crippen molar-refractivity contribution in [2.75, 3.05) is 0 Å². The molecule has 4 heteroatoms. The Balaban J connectivity index is 2.20. The monoisotopic (exact) mass is 237 g/mol. The Labute approximate surface area is 103 Å². The van der Waals surface area contributed by atoms with Crippen LogP contribution in [-0.2, 0) is 12.1 Å². The first kappa shape index (κ1) is 12.6. The van der Waals surface area contributed by atoms with Gasteiger partial charge in [0.05, 0.1) is 0 Å². The third-order valence-electron chi connectivity index (χ3n) is 3.90. The molecule has 0 radical (unpaired) electrons. The number of aromatic nitrogens is 3. The topological polar surface area (TPSA) is 50.9 Å². The van der Waals surface area contributed by atoms with Crippen LogP contribution in [0.15, 0.2) is 6.33 Å². The first-order valence-electron chi connectivity index (χ1n) is 6.77. The van der Waals surface area contributed by atoms with Gasteiger partial charge in [-0.15, -0.1) is 0 Å². The molecule has 0 aromatic carbocycles. The molecule has 1 atom stereocenters. The minimum Gasteiger partial charge on any atom is -0.382 e. The fourth-order valence-corrected chi connectivity index (χ4v) is 2.88. The van der Waals surface area contributed by atoms with Crippen LogP contribution in [0.1, 0.15) is 58.2 Å². The average molecular weight is 237 g/mol.